The molecular formula is C24H41FN4O3. The Hall–Kier alpha value is -1.41. The second-order valence-electron chi connectivity index (χ2n) is 10.7. The molecule has 0 aromatic rings. The summed E-state index contributed by atoms with van der Waals surface area (Å²) in [4.78, 5) is 29.4. The van der Waals surface area contributed by atoms with E-state index in [9.17, 15) is 14.0 Å². The molecule has 0 aromatic carbocycles. The van der Waals surface area contributed by atoms with Crippen molar-refractivity contribution < 1.29 is 18.7 Å². The van der Waals surface area contributed by atoms with E-state index in [-0.39, 0.29) is 42.1 Å². The van der Waals surface area contributed by atoms with Crippen molar-refractivity contribution >= 4 is 12.0 Å². The number of carbonyl (C=O) groups is 2. The van der Waals surface area contributed by atoms with Gasteiger partial charge < -0.3 is 20.3 Å². The Morgan fingerprint density at radius 3 is 2.50 bits per heavy atom. The van der Waals surface area contributed by atoms with Crippen LogP contribution in [0.1, 0.15) is 65.7 Å². The highest BCUT2D eigenvalue weighted by Crippen LogP contribution is 2.38. The fourth-order valence-corrected chi connectivity index (χ4v) is 6.27. The standard InChI is InChI=1S/C24H41FN4O3/c1-15(2)32-24(31)29-11-9-28(10-12-29)18-6-4-5-17(13-18)26-23(30)21-14-19-20(25)8-7-16(3)22(19)27-21/h15-22,27H,4-14H2,1-3H3,(H,26,30)/t16?,17-,18+,19?,20?,21?,22?/m1/s1. The van der Waals surface area contributed by atoms with Gasteiger partial charge in [0.25, 0.3) is 0 Å². The number of carbonyl (C=O) groups excluding carboxylic acids is 2. The Balaban J connectivity index is 1.24. The molecule has 7 nitrogen and oxygen atoms in total. The predicted octanol–water partition coefficient (Wildman–Crippen LogP) is 2.69. The molecule has 2 saturated heterocycles. The van der Waals surface area contributed by atoms with Gasteiger partial charge in [-0.15, -0.1) is 0 Å². The summed E-state index contributed by atoms with van der Waals surface area (Å²) < 4.78 is 19.7. The number of nitrogens with zero attached hydrogens (tertiary/aromatic N) is 2. The van der Waals surface area contributed by atoms with Gasteiger partial charge in [0.05, 0.1) is 12.1 Å². The Kier molecular flexibility index (Phi) is 7.60. The number of piperazine rings is 1. The summed E-state index contributed by atoms with van der Waals surface area (Å²) in [6.45, 7) is 8.99. The lowest BCUT2D eigenvalue weighted by Gasteiger charge is -2.42. The van der Waals surface area contributed by atoms with Crippen LogP contribution in [0, 0.1) is 11.8 Å². The molecule has 0 spiro atoms. The highest BCUT2D eigenvalue weighted by atomic mass is 19.1. The third-order valence-electron chi connectivity index (χ3n) is 8.07. The molecule has 8 heteroatoms. The molecule has 5 unspecified atom stereocenters. The molecule has 4 aliphatic rings. The molecule has 0 aromatic heterocycles. The van der Waals surface area contributed by atoms with E-state index >= 15 is 0 Å². The molecule has 4 fully saturated rings. The van der Waals surface area contributed by atoms with E-state index in [0.717, 1.165) is 45.2 Å². The van der Waals surface area contributed by atoms with E-state index in [4.69, 9.17) is 4.74 Å². The monoisotopic (exact) mass is 452 g/mol. The van der Waals surface area contributed by atoms with Gasteiger partial charge in [0.1, 0.15) is 6.17 Å². The number of rotatable bonds is 4. The van der Waals surface area contributed by atoms with Crippen molar-refractivity contribution in [2.75, 3.05) is 26.2 Å². The van der Waals surface area contributed by atoms with Crippen molar-refractivity contribution in [3.63, 3.8) is 0 Å². The third kappa shape index (κ3) is 5.38. The molecule has 32 heavy (non-hydrogen) atoms. The second-order valence-corrected chi connectivity index (χ2v) is 10.7. The van der Waals surface area contributed by atoms with Crippen LogP contribution in [-0.4, -0.2) is 84.4 Å². The van der Waals surface area contributed by atoms with Crippen LogP contribution >= 0.6 is 0 Å². The fraction of sp³-hybridized carbons (Fsp3) is 0.917. The molecule has 2 aliphatic heterocycles. The number of fused-ring (bicyclic) bond motifs is 1. The fourth-order valence-electron chi connectivity index (χ4n) is 6.27. The maximum absolute atomic E-state index is 14.4. The highest BCUT2D eigenvalue weighted by Gasteiger charge is 2.46. The smallest absolute Gasteiger partial charge is 0.410 e. The zero-order chi connectivity index (χ0) is 22.8. The van der Waals surface area contributed by atoms with E-state index in [1.165, 1.54) is 0 Å². The summed E-state index contributed by atoms with van der Waals surface area (Å²) in [5.74, 6) is 0.457. The van der Waals surface area contributed by atoms with Crippen LogP contribution in [0.2, 0.25) is 0 Å². The summed E-state index contributed by atoms with van der Waals surface area (Å²) in [5.41, 5.74) is 0. The Labute approximate surface area is 191 Å². The van der Waals surface area contributed by atoms with Crippen LogP contribution in [0.4, 0.5) is 9.18 Å². The van der Waals surface area contributed by atoms with E-state index < -0.39 is 6.17 Å². The average Bonchev–Trinajstić information content (AvgIpc) is 3.23. The SMILES string of the molecule is CC(C)OC(=O)N1CCN([C@H]2CCC[C@@H](NC(=O)C3CC4C(F)CCC(C)C4N3)C2)CC1. The lowest BCUT2D eigenvalue weighted by atomic mass is 9.77. The summed E-state index contributed by atoms with van der Waals surface area (Å²) in [5, 5.41) is 6.74. The Morgan fingerprint density at radius 1 is 1.06 bits per heavy atom. The maximum Gasteiger partial charge on any atom is 0.410 e. The van der Waals surface area contributed by atoms with Crippen LogP contribution < -0.4 is 10.6 Å². The van der Waals surface area contributed by atoms with Gasteiger partial charge in [-0.25, -0.2) is 9.18 Å². The number of ether oxygens (including phenoxy) is 1. The van der Waals surface area contributed by atoms with Gasteiger partial charge in [0, 0.05) is 50.2 Å². The van der Waals surface area contributed by atoms with Gasteiger partial charge in [-0.05, 0) is 64.7 Å². The lowest BCUT2D eigenvalue weighted by molar-refractivity contribution is -0.124. The zero-order valence-electron chi connectivity index (χ0n) is 19.9. The summed E-state index contributed by atoms with van der Waals surface area (Å²) >= 11 is 0. The van der Waals surface area contributed by atoms with Crippen molar-refractivity contribution in [1.82, 2.24) is 20.4 Å². The molecule has 2 saturated carbocycles. The van der Waals surface area contributed by atoms with Crippen LogP contribution in [0.3, 0.4) is 0 Å². The van der Waals surface area contributed by atoms with E-state index in [1.807, 2.05) is 13.8 Å². The molecule has 2 N–H and O–H groups in total. The van der Waals surface area contributed by atoms with Crippen LogP contribution in [0.25, 0.3) is 0 Å². The van der Waals surface area contributed by atoms with Gasteiger partial charge in [-0.2, -0.15) is 0 Å². The number of nitrogens with one attached hydrogen (secondary N) is 2. The summed E-state index contributed by atoms with van der Waals surface area (Å²) in [6.07, 6.45) is 5.23. The van der Waals surface area contributed by atoms with Crippen LogP contribution in [-0.2, 0) is 9.53 Å². The minimum atomic E-state index is -0.781. The van der Waals surface area contributed by atoms with E-state index in [0.29, 0.717) is 37.9 Å². The molecule has 0 bridgehead atoms. The van der Waals surface area contributed by atoms with Crippen molar-refractivity contribution in [1.29, 1.82) is 0 Å². The minimum Gasteiger partial charge on any atom is -0.447 e. The van der Waals surface area contributed by atoms with Crippen molar-refractivity contribution in [2.24, 2.45) is 11.8 Å². The van der Waals surface area contributed by atoms with Gasteiger partial charge in [0.15, 0.2) is 0 Å². The van der Waals surface area contributed by atoms with Crippen LogP contribution in [0.15, 0.2) is 0 Å². The molecule has 7 atom stereocenters. The number of halogens is 1. The molecule has 2 aliphatic carbocycles. The zero-order valence-corrected chi connectivity index (χ0v) is 19.9. The van der Waals surface area contributed by atoms with Gasteiger partial charge in [-0.1, -0.05) is 6.92 Å². The first-order valence-corrected chi connectivity index (χ1v) is 12.7. The largest absolute Gasteiger partial charge is 0.447 e. The number of hydrogen-bond acceptors (Lipinski definition) is 5. The van der Waals surface area contributed by atoms with Gasteiger partial charge >= 0.3 is 6.09 Å². The number of hydrogen-bond donors (Lipinski definition) is 2. The summed E-state index contributed by atoms with van der Waals surface area (Å²) in [6, 6.07) is 0.479. The topological polar surface area (TPSA) is 73.9 Å². The average molecular weight is 453 g/mol. The third-order valence-corrected chi connectivity index (χ3v) is 8.07. The quantitative estimate of drug-likeness (QED) is 0.686. The predicted molar refractivity (Wildman–Crippen MR) is 121 cm³/mol. The number of amides is 2. The first-order valence-electron chi connectivity index (χ1n) is 12.7. The Morgan fingerprint density at radius 2 is 1.81 bits per heavy atom. The second kappa shape index (κ2) is 10.2. The normalized spacial score (nSPS) is 38.4. The first kappa shape index (κ1) is 23.7. The van der Waals surface area contributed by atoms with Crippen LogP contribution in [0.5, 0.6) is 0 Å². The molecule has 182 valence electrons. The maximum atomic E-state index is 14.4. The molecule has 0 radical (unpaired) electrons. The molecule has 4 rings (SSSR count). The molecular weight excluding hydrogens is 411 g/mol. The van der Waals surface area contributed by atoms with Crippen molar-refractivity contribution in [2.45, 2.75) is 102 Å². The van der Waals surface area contributed by atoms with Crippen molar-refractivity contribution in [3.05, 3.63) is 0 Å². The Bertz CT molecular complexity index is 652. The minimum absolute atomic E-state index is 0.0210. The number of alkyl halides is 1. The van der Waals surface area contributed by atoms with E-state index in [2.05, 4.69) is 22.5 Å². The van der Waals surface area contributed by atoms with E-state index in [1.54, 1.807) is 4.90 Å². The first-order chi connectivity index (χ1) is 15.3. The molecule has 2 heterocycles. The van der Waals surface area contributed by atoms with Gasteiger partial charge in [-0.3, -0.25) is 9.69 Å². The van der Waals surface area contributed by atoms with Crippen molar-refractivity contribution in [3.8, 4) is 0 Å². The molecule has 2 amide bonds. The summed E-state index contributed by atoms with van der Waals surface area (Å²) in [7, 11) is 0. The lowest BCUT2D eigenvalue weighted by Crippen LogP contribution is -2.55. The highest BCUT2D eigenvalue weighted by molar-refractivity contribution is 5.82. The van der Waals surface area contributed by atoms with Gasteiger partial charge in [0.2, 0.25) is 5.91 Å².